The van der Waals surface area contributed by atoms with Gasteiger partial charge in [0.15, 0.2) is 5.75 Å². The molecule has 7 nitrogen and oxygen atoms in total. The number of anilines is 1. The molecule has 0 radical (unpaired) electrons. The van der Waals surface area contributed by atoms with Crippen LogP contribution in [0.4, 0.5) is 5.69 Å². The lowest BCUT2D eigenvalue weighted by Gasteiger charge is -2.24. The molecule has 0 aliphatic carbocycles. The van der Waals surface area contributed by atoms with E-state index in [2.05, 4.69) is 10.6 Å². The molecule has 37 heavy (non-hydrogen) atoms. The maximum absolute atomic E-state index is 13.6. The smallest absolute Gasteiger partial charge is 0.295 e. The topological polar surface area (TPSA) is 87.7 Å². The van der Waals surface area contributed by atoms with Gasteiger partial charge in [-0.15, -0.1) is 0 Å². The molecule has 4 rings (SSSR count). The Bertz CT molecular complexity index is 1300. The molecule has 0 unspecified atom stereocenters. The van der Waals surface area contributed by atoms with Gasteiger partial charge in [-0.3, -0.25) is 4.79 Å². The van der Waals surface area contributed by atoms with Crippen molar-refractivity contribution in [2.75, 3.05) is 24.1 Å². The molecule has 0 aromatic heterocycles. The van der Waals surface area contributed by atoms with Gasteiger partial charge in [-0.2, -0.15) is 8.42 Å². The highest BCUT2D eigenvalue weighted by Gasteiger charge is 2.28. The third-order valence-electron chi connectivity index (χ3n) is 6.21. The fourth-order valence-corrected chi connectivity index (χ4v) is 5.86. The molecule has 0 saturated carbocycles. The average molecular weight is 563 g/mol. The van der Waals surface area contributed by atoms with Gasteiger partial charge in [0, 0.05) is 17.1 Å². The highest BCUT2D eigenvalue weighted by molar-refractivity contribution is 7.92. The van der Waals surface area contributed by atoms with E-state index in [0.717, 1.165) is 30.4 Å². The van der Waals surface area contributed by atoms with Gasteiger partial charge in [0.25, 0.3) is 15.9 Å². The van der Waals surface area contributed by atoms with Crippen LogP contribution < -0.4 is 19.9 Å². The van der Waals surface area contributed by atoms with Crippen molar-refractivity contribution in [1.29, 1.82) is 0 Å². The van der Waals surface area contributed by atoms with Crippen molar-refractivity contribution in [3.05, 3.63) is 88.4 Å². The Morgan fingerprint density at radius 3 is 2.38 bits per heavy atom. The van der Waals surface area contributed by atoms with Crippen molar-refractivity contribution in [3.8, 4) is 5.75 Å². The molecule has 0 spiro atoms. The van der Waals surface area contributed by atoms with E-state index in [1.54, 1.807) is 36.4 Å². The highest BCUT2D eigenvalue weighted by Crippen LogP contribution is 2.32. The van der Waals surface area contributed by atoms with Gasteiger partial charge < -0.3 is 15.5 Å². The first-order chi connectivity index (χ1) is 17.8. The fourth-order valence-electron chi connectivity index (χ4n) is 4.17. The molecule has 1 aliphatic rings. The molecule has 10 heteroatoms. The maximum Gasteiger partial charge on any atom is 0.295 e. The summed E-state index contributed by atoms with van der Waals surface area (Å²) < 4.78 is 28.0. The minimum Gasteiger partial charge on any atom is -0.363 e. The Hall–Kier alpha value is -2.78. The standard InChI is InChI=1S/C27H29Cl2N3O4S/c28-22-10-13-26(25(29)19-22)36-32(23-6-2-1-3-7-23)37(34,35)24-11-8-21(9-12-24)27(33)31-16-4-5-20-14-17-30-18-15-20/h1-3,6-13,19-20,30H,4-5,14-18H2,(H,31,33). The van der Waals surface area contributed by atoms with Crippen LogP contribution in [-0.4, -0.2) is 34.0 Å². The van der Waals surface area contributed by atoms with Gasteiger partial charge in [0.05, 0.1) is 15.6 Å². The van der Waals surface area contributed by atoms with Gasteiger partial charge in [-0.1, -0.05) is 45.9 Å². The Labute approximate surface area is 227 Å². The molecule has 1 fully saturated rings. The summed E-state index contributed by atoms with van der Waals surface area (Å²) in [5, 5.41) is 6.84. The summed E-state index contributed by atoms with van der Waals surface area (Å²) in [4.78, 5) is 18.3. The highest BCUT2D eigenvalue weighted by atomic mass is 35.5. The molecule has 3 aromatic rings. The molecule has 1 aliphatic heterocycles. The van der Waals surface area contributed by atoms with Gasteiger partial charge in [-0.25, -0.2) is 0 Å². The fraction of sp³-hybridized carbons (Fsp3) is 0.296. The molecular weight excluding hydrogens is 533 g/mol. The lowest BCUT2D eigenvalue weighted by atomic mass is 9.93. The van der Waals surface area contributed by atoms with E-state index in [0.29, 0.717) is 23.0 Å². The van der Waals surface area contributed by atoms with E-state index in [1.807, 2.05) is 0 Å². The van der Waals surface area contributed by atoms with Crippen LogP contribution in [0, 0.1) is 5.92 Å². The number of nitrogens with one attached hydrogen (secondary N) is 2. The van der Waals surface area contributed by atoms with Crippen LogP contribution in [0.15, 0.2) is 77.7 Å². The van der Waals surface area contributed by atoms with Gasteiger partial charge in [0.1, 0.15) is 0 Å². The van der Waals surface area contributed by atoms with E-state index in [-0.39, 0.29) is 27.3 Å². The van der Waals surface area contributed by atoms with E-state index in [4.69, 9.17) is 28.0 Å². The first-order valence-corrected chi connectivity index (χ1v) is 14.4. The molecule has 2 N–H and O–H groups in total. The van der Waals surface area contributed by atoms with Gasteiger partial charge in [-0.05, 0) is 99.3 Å². The number of carbonyl (C=O) groups is 1. The second kappa shape index (κ2) is 12.6. The van der Waals surface area contributed by atoms with Crippen LogP contribution in [-0.2, 0) is 10.0 Å². The largest absolute Gasteiger partial charge is 0.363 e. The van der Waals surface area contributed by atoms with E-state index in [1.165, 1.54) is 49.2 Å². The van der Waals surface area contributed by atoms with E-state index in [9.17, 15) is 13.2 Å². The SMILES string of the molecule is O=C(NCCCC1CCNCC1)c1ccc(S(=O)(=O)N(Oc2ccc(Cl)cc2Cl)c2ccccc2)cc1. The molecule has 196 valence electrons. The lowest BCUT2D eigenvalue weighted by molar-refractivity contribution is 0.0952. The minimum absolute atomic E-state index is 0.0381. The predicted octanol–water partition coefficient (Wildman–Crippen LogP) is 5.69. The lowest BCUT2D eigenvalue weighted by Crippen LogP contribution is -2.34. The summed E-state index contributed by atoms with van der Waals surface area (Å²) in [6.45, 7) is 2.71. The maximum atomic E-state index is 13.6. The first-order valence-electron chi connectivity index (χ1n) is 12.2. The number of amides is 1. The second-order valence-corrected chi connectivity index (χ2v) is 11.4. The number of hydrogen-bond donors (Lipinski definition) is 2. The summed E-state index contributed by atoms with van der Waals surface area (Å²) >= 11 is 12.2. The third kappa shape index (κ3) is 7.17. The number of carbonyl (C=O) groups excluding carboxylic acids is 1. The quantitative estimate of drug-likeness (QED) is 0.245. The van der Waals surface area contributed by atoms with Crippen LogP contribution >= 0.6 is 23.2 Å². The number of rotatable bonds is 10. The molecule has 0 atom stereocenters. The Morgan fingerprint density at radius 1 is 1.00 bits per heavy atom. The Kier molecular flexibility index (Phi) is 9.32. The number of benzene rings is 3. The Morgan fingerprint density at radius 2 is 1.70 bits per heavy atom. The van der Waals surface area contributed by atoms with Crippen molar-refractivity contribution in [1.82, 2.24) is 10.6 Å². The number of para-hydroxylation sites is 1. The van der Waals surface area contributed by atoms with Crippen LogP contribution in [0.5, 0.6) is 5.75 Å². The molecule has 0 bridgehead atoms. The molecule has 1 heterocycles. The number of piperidine rings is 1. The summed E-state index contributed by atoms with van der Waals surface area (Å²) in [5.41, 5.74) is 0.665. The van der Waals surface area contributed by atoms with Crippen molar-refractivity contribution in [3.63, 3.8) is 0 Å². The normalized spacial score (nSPS) is 14.2. The van der Waals surface area contributed by atoms with Crippen LogP contribution in [0.2, 0.25) is 10.0 Å². The van der Waals surface area contributed by atoms with Crippen LogP contribution in [0.1, 0.15) is 36.0 Å². The zero-order chi connectivity index (χ0) is 26.3. The van der Waals surface area contributed by atoms with E-state index >= 15 is 0 Å². The number of halogens is 2. The van der Waals surface area contributed by atoms with Gasteiger partial charge >= 0.3 is 0 Å². The number of nitrogens with zero attached hydrogens (tertiary/aromatic N) is 1. The summed E-state index contributed by atoms with van der Waals surface area (Å²) in [6, 6.07) is 18.7. The predicted molar refractivity (Wildman–Crippen MR) is 147 cm³/mol. The summed E-state index contributed by atoms with van der Waals surface area (Å²) in [5.74, 6) is 0.595. The van der Waals surface area contributed by atoms with Crippen molar-refractivity contribution in [2.24, 2.45) is 5.92 Å². The molecule has 1 saturated heterocycles. The number of sulfonamides is 1. The average Bonchev–Trinajstić information content (AvgIpc) is 2.91. The van der Waals surface area contributed by atoms with Gasteiger partial charge in [0.2, 0.25) is 0 Å². The molecular formula is C27H29Cl2N3O4S. The zero-order valence-corrected chi connectivity index (χ0v) is 22.5. The molecule has 1 amide bonds. The Balaban J connectivity index is 1.45. The summed E-state index contributed by atoms with van der Waals surface area (Å²) in [6.07, 6.45) is 4.36. The van der Waals surface area contributed by atoms with E-state index < -0.39 is 10.0 Å². The zero-order valence-electron chi connectivity index (χ0n) is 20.2. The van der Waals surface area contributed by atoms with Crippen LogP contribution in [0.3, 0.4) is 0 Å². The first kappa shape index (κ1) is 27.3. The summed E-state index contributed by atoms with van der Waals surface area (Å²) in [7, 11) is -4.17. The number of hydrogen-bond acceptors (Lipinski definition) is 5. The van der Waals surface area contributed by atoms with Crippen molar-refractivity contribution < 1.29 is 18.0 Å². The van der Waals surface area contributed by atoms with Crippen molar-refractivity contribution >= 4 is 44.8 Å². The second-order valence-electron chi connectivity index (χ2n) is 8.85. The third-order valence-corrected chi connectivity index (χ3v) is 8.33. The minimum atomic E-state index is -4.17. The monoisotopic (exact) mass is 561 g/mol. The molecule has 3 aromatic carbocycles. The van der Waals surface area contributed by atoms with Crippen molar-refractivity contribution in [2.45, 2.75) is 30.6 Å². The van der Waals surface area contributed by atoms with Crippen LogP contribution in [0.25, 0.3) is 0 Å².